The molecule has 1 aromatic rings. The third-order valence-corrected chi connectivity index (χ3v) is 4.44. The lowest BCUT2D eigenvalue weighted by atomic mass is 10.2. The van der Waals surface area contributed by atoms with E-state index in [9.17, 15) is 18.4 Å². The van der Waals surface area contributed by atoms with Gasteiger partial charge >= 0.3 is 5.97 Å². The molecule has 2 N–H and O–H groups in total. The molecule has 0 aromatic carbocycles. The van der Waals surface area contributed by atoms with E-state index in [2.05, 4.69) is 10.3 Å². The number of amides is 1. The third kappa shape index (κ3) is 5.74. The third-order valence-electron chi connectivity index (χ3n) is 2.03. The number of aliphatic carboxylic acids is 1. The summed E-state index contributed by atoms with van der Waals surface area (Å²) in [5.74, 6) is -2.75. The van der Waals surface area contributed by atoms with E-state index in [-0.39, 0.29) is 13.0 Å². The number of rotatable bonds is 8. The van der Waals surface area contributed by atoms with Gasteiger partial charge in [-0.3, -0.25) is 14.6 Å². The zero-order valence-electron chi connectivity index (χ0n) is 10.3. The first-order valence-electron chi connectivity index (χ1n) is 5.55. The zero-order valence-corrected chi connectivity index (χ0v) is 11.9. The highest BCUT2D eigenvalue weighted by molar-refractivity contribution is 8.76. The molecule has 1 amide bonds. The number of nitrogens with zero attached hydrogens (tertiary/aromatic N) is 1. The standard InChI is InChI=1S/C11H12F2N2O3S2/c12-7-5-14-6-8(13)10(7)11(18)15-2-4-20-19-3-1-9(16)17/h5-6H,1-4H2,(H,15,18)(H,16,17). The molecule has 0 unspecified atom stereocenters. The molecule has 0 aliphatic carbocycles. The maximum atomic E-state index is 13.2. The predicted molar refractivity (Wildman–Crippen MR) is 73.7 cm³/mol. The maximum absolute atomic E-state index is 13.2. The van der Waals surface area contributed by atoms with E-state index >= 15 is 0 Å². The lowest BCUT2D eigenvalue weighted by molar-refractivity contribution is -0.136. The average Bonchev–Trinajstić information content (AvgIpc) is 2.37. The molecule has 20 heavy (non-hydrogen) atoms. The van der Waals surface area contributed by atoms with Crippen molar-refractivity contribution in [2.45, 2.75) is 6.42 Å². The van der Waals surface area contributed by atoms with Gasteiger partial charge in [0.1, 0.15) is 5.56 Å². The first-order chi connectivity index (χ1) is 9.52. The zero-order chi connectivity index (χ0) is 15.0. The van der Waals surface area contributed by atoms with Crippen LogP contribution in [-0.2, 0) is 4.79 Å². The van der Waals surface area contributed by atoms with Gasteiger partial charge in [-0.25, -0.2) is 8.78 Å². The van der Waals surface area contributed by atoms with Gasteiger partial charge in [0.15, 0.2) is 11.6 Å². The Morgan fingerprint density at radius 1 is 1.20 bits per heavy atom. The minimum Gasteiger partial charge on any atom is -0.481 e. The highest BCUT2D eigenvalue weighted by Gasteiger charge is 2.16. The second kappa shape index (κ2) is 8.75. The molecular formula is C11H12F2N2O3S2. The summed E-state index contributed by atoms with van der Waals surface area (Å²) in [6.07, 6.45) is 1.61. The number of carboxylic acids is 1. The smallest absolute Gasteiger partial charge is 0.304 e. The Kier molecular flexibility index (Phi) is 7.31. The fourth-order valence-corrected chi connectivity index (χ4v) is 3.06. The minimum absolute atomic E-state index is 0.0669. The molecule has 1 aromatic heterocycles. The predicted octanol–water partition coefficient (Wildman–Crippen LogP) is 1.95. The Balaban J connectivity index is 2.25. The summed E-state index contributed by atoms with van der Waals surface area (Å²) in [7, 11) is 2.74. The number of halogens is 2. The number of aromatic nitrogens is 1. The van der Waals surface area contributed by atoms with Gasteiger partial charge in [0.2, 0.25) is 0 Å². The van der Waals surface area contributed by atoms with E-state index in [0.717, 1.165) is 12.4 Å². The van der Waals surface area contributed by atoms with E-state index in [1.54, 1.807) is 0 Å². The number of hydrogen-bond acceptors (Lipinski definition) is 5. The molecule has 0 aliphatic rings. The van der Waals surface area contributed by atoms with Crippen molar-refractivity contribution in [2.75, 3.05) is 18.1 Å². The summed E-state index contributed by atoms with van der Waals surface area (Å²) in [6.45, 7) is 0.227. The summed E-state index contributed by atoms with van der Waals surface area (Å²) < 4.78 is 26.4. The minimum atomic E-state index is -1.01. The number of nitrogens with one attached hydrogen (secondary N) is 1. The van der Waals surface area contributed by atoms with E-state index < -0.39 is 29.1 Å². The van der Waals surface area contributed by atoms with Crippen LogP contribution in [0.3, 0.4) is 0 Å². The van der Waals surface area contributed by atoms with Crippen molar-refractivity contribution in [3.05, 3.63) is 29.6 Å². The first-order valence-corrected chi connectivity index (χ1v) is 8.04. The van der Waals surface area contributed by atoms with Crippen LogP contribution >= 0.6 is 21.6 Å². The molecule has 0 spiro atoms. The number of carbonyl (C=O) groups excluding carboxylic acids is 1. The Morgan fingerprint density at radius 2 is 1.80 bits per heavy atom. The Morgan fingerprint density at radius 3 is 2.40 bits per heavy atom. The second-order valence-electron chi connectivity index (χ2n) is 3.52. The van der Waals surface area contributed by atoms with Gasteiger partial charge in [-0.2, -0.15) is 0 Å². The van der Waals surface area contributed by atoms with E-state index in [4.69, 9.17) is 5.11 Å². The van der Waals surface area contributed by atoms with E-state index in [0.29, 0.717) is 11.5 Å². The molecule has 0 atom stereocenters. The highest BCUT2D eigenvalue weighted by atomic mass is 33.1. The number of carbonyl (C=O) groups is 2. The van der Waals surface area contributed by atoms with Crippen molar-refractivity contribution < 1.29 is 23.5 Å². The van der Waals surface area contributed by atoms with Gasteiger partial charge < -0.3 is 10.4 Å². The molecular weight excluding hydrogens is 310 g/mol. The fraction of sp³-hybridized carbons (Fsp3) is 0.364. The van der Waals surface area contributed by atoms with Gasteiger partial charge in [-0.05, 0) is 0 Å². The van der Waals surface area contributed by atoms with Crippen molar-refractivity contribution in [1.82, 2.24) is 10.3 Å². The average molecular weight is 322 g/mol. The van der Waals surface area contributed by atoms with Gasteiger partial charge in [0.05, 0.1) is 18.8 Å². The van der Waals surface area contributed by atoms with Crippen LogP contribution in [0.4, 0.5) is 8.78 Å². The van der Waals surface area contributed by atoms with Gasteiger partial charge in [-0.1, -0.05) is 21.6 Å². The SMILES string of the molecule is O=C(O)CCSSCCNC(=O)c1c(F)cncc1F. The van der Waals surface area contributed by atoms with Gasteiger partial charge in [-0.15, -0.1) is 0 Å². The number of hydrogen-bond donors (Lipinski definition) is 2. The molecule has 0 radical (unpaired) electrons. The van der Waals surface area contributed by atoms with E-state index in [1.165, 1.54) is 21.6 Å². The quantitative estimate of drug-likeness (QED) is 0.562. The van der Waals surface area contributed by atoms with Crippen molar-refractivity contribution in [3.8, 4) is 0 Å². The van der Waals surface area contributed by atoms with Crippen LogP contribution in [0.25, 0.3) is 0 Å². The first kappa shape index (κ1) is 16.7. The largest absolute Gasteiger partial charge is 0.481 e. The lowest BCUT2D eigenvalue weighted by Crippen LogP contribution is -2.27. The molecule has 0 saturated carbocycles. The fourth-order valence-electron chi connectivity index (χ4n) is 1.17. The van der Waals surface area contributed by atoms with Crippen LogP contribution in [0.1, 0.15) is 16.8 Å². The number of carboxylic acid groups (broad SMARTS) is 1. The maximum Gasteiger partial charge on any atom is 0.304 e. The Labute approximate surface area is 121 Å². The number of pyridine rings is 1. The van der Waals surface area contributed by atoms with Crippen molar-refractivity contribution in [2.24, 2.45) is 0 Å². The Hall–Kier alpha value is -1.35. The van der Waals surface area contributed by atoms with Crippen molar-refractivity contribution in [3.63, 3.8) is 0 Å². The lowest BCUT2D eigenvalue weighted by Gasteiger charge is -2.06. The summed E-state index contributed by atoms with van der Waals surface area (Å²) in [4.78, 5) is 25.1. The van der Waals surface area contributed by atoms with Crippen LogP contribution in [0, 0.1) is 11.6 Å². The molecule has 110 valence electrons. The second-order valence-corrected chi connectivity index (χ2v) is 6.22. The van der Waals surface area contributed by atoms with Crippen LogP contribution in [0.2, 0.25) is 0 Å². The molecule has 9 heteroatoms. The van der Waals surface area contributed by atoms with Crippen LogP contribution < -0.4 is 5.32 Å². The molecule has 1 heterocycles. The summed E-state index contributed by atoms with van der Waals surface area (Å²) in [5.41, 5.74) is -0.650. The summed E-state index contributed by atoms with van der Waals surface area (Å²) in [6, 6.07) is 0. The Bertz CT molecular complexity index is 468. The van der Waals surface area contributed by atoms with Crippen LogP contribution in [-0.4, -0.2) is 40.0 Å². The van der Waals surface area contributed by atoms with Crippen LogP contribution in [0.5, 0.6) is 0 Å². The normalized spacial score (nSPS) is 10.3. The molecule has 1 rings (SSSR count). The molecule has 0 bridgehead atoms. The molecule has 0 fully saturated rings. The van der Waals surface area contributed by atoms with Gasteiger partial charge in [0, 0.05) is 18.1 Å². The van der Waals surface area contributed by atoms with Crippen LogP contribution in [0.15, 0.2) is 12.4 Å². The van der Waals surface area contributed by atoms with Crippen molar-refractivity contribution >= 4 is 33.5 Å². The molecule has 0 saturated heterocycles. The van der Waals surface area contributed by atoms with Gasteiger partial charge in [0.25, 0.3) is 5.91 Å². The topological polar surface area (TPSA) is 79.3 Å². The molecule has 5 nitrogen and oxygen atoms in total. The molecule has 0 aliphatic heterocycles. The van der Waals surface area contributed by atoms with E-state index in [1.807, 2.05) is 0 Å². The van der Waals surface area contributed by atoms with Crippen molar-refractivity contribution in [1.29, 1.82) is 0 Å². The monoisotopic (exact) mass is 322 g/mol. The highest BCUT2D eigenvalue weighted by Crippen LogP contribution is 2.21. The summed E-state index contributed by atoms with van der Waals surface area (Å²) in [5, 5.41) is 10.8. The summed E-state index contributed by atoms with van der Waals surface area (Å²) >= 11 is 0.